The van der Waals surface area contributed by atoms with Gasteiger partial charge in [-0.05, 0) is 42.0 Å². The molecule has 2 aromatic heterocycles. The summed E-state index contributed by atoms with van der Waals surface area (Å²) < 4.78 is 10.4. The molecule has 0 atom stereocenters. The molecule has 3 heterocycles. The van der Waals surface area contributed by atoms with Crippen LogP contribution in [-0.4, -0.2) is 49.3 Å². The number of thiophene rings is 1. The van der Waals surface area contributed by atoms with Gasteiger partial charge in [-0.1, -0.05) is 17.7 Å². The first kappa shape index (κ1) is 24.7. The number of aryl methyl sites for hydroxylation is 1. The van der Waals surface area contributed by atoms with Gasteiger partial charge in [0.2, 0.25) is 16.9 Å². The van der Waals surface area contributed by atoms with Gasteiger partial charge in [-0.25, -0.2) is 9.78 Å². The zero-order chi connectivity index (χ0) is 24.8. The molecule has 35 heavy (non-hydrogen) atoms. The number of halogens is 1. The van der Waals surface area contributed by atoms with Crippen molar-refractivity contribution in [3.05, 3.63) is 46.4 Å². The summed E-state index contributed by atoms with van der Waals surface area (Å²) >= 11 is 7.57. The molecule has 1 aromatic carbocycles. The van der Waals surface area contributed by atoms with E-state index in [9.17, 15) is 9.59 Å². The van der Waals surface area contributed by atoms with Gasteiger partial charge in [0.1, 0.15) is 5.02 Å². The van der Waals surface area contributed by atoms with E-state index in [1.165, 1.54) is 24.6 Å². The number of carbonyl (C=O) groups is 2. The van der Waals surface area contributed by atoms with Crippen molar-refractivity contribution in [3.8, 4) is 5.06 Å². The van der Waals surface area contributed by atoms with Gasteiger partial charge in [0.05, 0.1) is 18.5 Å². The van der Waals surface area contributed by atoms with E-state index >= 15 is 0 Å². The van der Waals surface area contributed by atoms with Crippen LogP contribution in [0, 0.1) is 0 Å². The van der Waals surface area contributed by atoms with Crippen LogP contribution in [0.5, 0.6) is 5.06 Å². The highest BCUT2D eigenvalue weighted by Gasteiger charge is 2.22. The third kappa shape index (κ3) is 5.99. The van der Waals surface area contributed by atoms with E-state index in [1.807, 2.05) is 18.2 Å². The Labute approximate surface area is 211 Å². The maximum absolute atomic E-state index is 12.7. The summed E-state index contributed by atoms with van der Waals surface area (Å²) in [6.45, 7) is 0.935. The molecule has 0 saturated carbocycles. The first-order chi connectivity index (χ1) is 17.0. The first-order valence-corrected chi connectivity index (χ1v) is 12.2. The number of anilines is 5. The van der Waals surface area contributed by atoms with Crippen molar-refractivity contribution in [1.29, 1.82) is 0 Å². The summed E-state index contributed by atoms with van der Waals surface area (Å²) in [4.78, 5) is 34.8. The number of ether oxygens (including phenoxy) is 2. The SMILES string of the molecule is CNC(=O)Oc1sccc1Nc1nc(Nc2ccc3c(c2)N(CCOC)C(=O)CCC3)ncc1Cl. The Morgan fingerprint density at radius 2 is 2.11 bits per heavy atom. The number of hydrogen-bond donors (Lipinski definition) is 3. The van der Waals surface area contributed by atoms with Crippen LogP contribution in [-0.2, 0) is 16.0 Å². The molecule has 3 aromatic rings. The second-order valence-corrected chi connectivity index (χ2v) is 8.92. The molecule has 0 bridgehead atoms. The van der Waals surface area contributed by atoms with Crippen molar-refractivity contribution in [1.82, 2.24) is 15.3 Å². The number of amides is 2. The summed E-state index contributed by atoms with van der Waals surface area (Å²) in [5, 5.41) is 11.1. The van der Waals surface area contributed by atoms with Crippen molar-refractivity contribution in [3.63, 3.8) is 0 Å². The number of nitrogens with zero attached hydrogens (tertiary/aromatic N) is 3. The Kier molecular flexibility index (Phi) is 8.01. The van der Waals surface area contributed by atoms with Crippen LogP contribution in [0.3, 0.4) is 0 Å². The fourth-order valence-corrected chi connectivity index (χ4v) is 4.44. The van der Waals surface area contributed by atoms with E-state index in [1.54, 1.807) is 23.5 Å². The molecule has 2 amide bonds. The van der Waals surface area contributed by atoms with Gasteiger partial charge in [-0.3, -0.25) is 4.79 Å². The average Bonchev–Trinajstić information content (AvgIpc) is 3.21. The standard InChI is InChI=1S/C23H25ClN6O4S/c1-25-23(32)34-21-17(8-11-35-21)28-20-16(24)13-26-22(29-20)27-15-7-6-14-4-3-5-19(31)30(9-10-33-2)18(14)12-15/h6-8,11-13H,3-5,9-10H2,1-2H3,(H,25,32)(H2,26,27,28,29). The number of methoxy groups -OCH3 is 1. The molecule has 3 N–H and O–H groups in total. The molecule has 12 heteroatoms. The Balaban J connectivity index is 1.56. The van der Waals surface area contributed by atoms with Crippen LogP contribution >= 0.6 is 22.9 Å². The van der Waals surface area contributed by atoms with Crippen LogP contribution in [0.15, 0.2) is 35.8 Å². The lowest BCUT2D eigenvalue weighted by molar-refractivity contribution is -0.118. The lowest BCUT2D eigenvalue weighted by Crippen LogP contribution is -2.33. The molecule has 0 spiro atoms. The maximum Gasteiger partial charge on any atom is 0.413 e. The largest absolute Gasteiger partial charge is 0.413 e. The van der Waals surface area contributed by atoms with Crippen LogP contribution in [0.4, 0.5) is 33.6 Å². The lowest BCUT2D eigenvalue weighted by atomic mass is 10.1. The van der Waals surface area contributed by atoms with Crippen molar-refractivity contribution < 1.29 is 19.1 Å². The van der Waals surface area contributed by atoms with E-state index < -0.39 is 6.09 Å². The summed E-state index contributed by atoms with van der Waals surface area (Å²) in [7, 11) is 3.10. The van der Waals surface area contributed by atoms with Gasteiger partial charge < -0.3 is 30.3 Å². The molecule has 1 aliphatic rings. The second-order valence-electron chi connectivity index (χ2n) is 7.64. The van der Waals surface area contributed by atoms with E-state index in [0.717, 1.165) is 29.8 Å². The monoisotopic (exact) mass is 516 g/mol. The van der Waals surface area contributed by atoms with Crippen molar-refractivity contribution >= 4 is 63.8 Å². The molecule has 0 saturated heterocycles. The highest BCUT2D eigenvalue weighted by atomic mass is 35.5. The fraction of sp³-hybridized carbons (Fsp3) is 0.304. The molecular formula is C23H25ClN6O4S. The van der Waals surface area contributed by atoms with Gasteiger partial charge in [0.25, 0.3) is 0 Å². The summed E-state index contributed by atoms with van der Waals surface area (Å²) in [5.41, 5.74) is 3.24. The predicted molar refractivity (Wildman–Crippen MR) is 137 cm³/mol. The van der Waals surface area contributed by atoms with Crippen molar-refractivity contribution in [2.45, 2.75) is 19.3 Å². The summed E-state index contributed by atoms with van der Waals surface area (Å²) in [5.74, 6) is 0.734. The number of carbonyl (C=O) groups excluding carboxylic acids is 2. The van der Waals surface area contributed by atoms with Gasteiger partial charge >= 0.3 is 6.09 Å². The number of benzene rings is 1. The zero-order valence-corrected chi connectivity index (χ0v) is 20.8. The number of fused-ring (bicyclic) bond motifs is 1. The van der Waals surface area contributed by atoms with Gasteiger partial charge in [-0.2, -0.15) is 4.98 Å². The molecule has 1 aliphatic heterocycles. The number of nitrogens with one attached hydrogen (secondary N) is 3. The van der Waals surface area contributed by atoms with Crippen LogP contribution in [0.2, 0.25) is 5.02 Å². The number of rotatable bonds is 8. The van der Waals surface area contributed by atoms with Crippen LogP contribution in [0.1, 0.15) is 18.4 Å². The number of hydrogen-bond acceptors (Lipinski definition) is 9. The Morgan fingerprint density at radius 3 is 2.91 bits per heavy atom. The molecular weight excluding hydrogens is 492 g/mol. The highest BCUT2D eigenvalue weighted by molar-refractivity contribution is 7.12. The van der Waals surface area contributed by atoms with Crippen molar-refractivity contribution in [2.75, 3.05) is 42.8 Å². The van der Waals surface area contributed by atoms with Crippen LogP contribution < -0.4 is 25.6 Å². The molecule has 10 nitrogen and oxygen atoms in total. The summed E-state index contributed by atoms with van der Waals surface area (Å²) in [6, 6.07) is 7.63. The van der Waals surface area contributed by atoms with E-state index in [4.69, 9.17) is 21.1 Å². The number of aromatic nitrogens is 2. The molecule has 0 unspecified atom stereocenters. The van der Waals surface area contributed by atoms with E-state index in [2.05, 4.69) is 25.9 Å². The minimum atomic E-state index is -0.576. The Bertz CT molecular complexity index is 1220. The second kappa shape index (κ2) is 11.3. The quantitative estimate of drug-likeness (QED) is 0.394. The molecule has 0 radical (unpaired) electrons. The van der Waals surface area contributed by atoms with Gasteiger partial charge in [0, 0.05) is 38.5 Å². The average molecular weight is 517 g/mol. The normalized spacial score (nSPS) is 13.1. The molecule has 0 aliphatic carbocycles. The smallest absolute Gasteiger partial charge is 0.397 e. The minimum absolute atomic E-state index is 0.0812. The highest BCUT2D eigenvalue weighted by Crippen LogP contribution is 2.36. The minimum Gasteiger partial charge on any atom is -0.397 e. The van der Waals surface area contributed by atoms with Gasteiger partial charge in [-0.15, -0.1) is 11.3 Å². The Hall–Kier alpha value is -3.41. The molecule has 184 valence electrons. The topological polar surface area (TPSA) is 118 Å². The molecule has 0 fully saturated rings. The Morgan fingerprint density at radius 1 is 1.26 bits per heavy atom. The fourth-order valence-electron chi connectivity index (χ4n) is 3.61. The van der Waals surface area contributed by atoms with Crippen molar-refractivity contribution in [2.24, 2.45) is 0 Å². The van der Waals surface area contributed by atoms with Crippen LogP contribution in [0.25, 0.3) is 0 Å². The zero-order valence-electron chi connectivity index (χ0n) is 19.3. The third-order valence-corrected chi connectivity index (χ3v) is 6.37. The van der Waals surface area contributed by atoms with E-state index in [0.29, 0.717) is 47.1 Å². The molecule has 4 rings (SSSR count). The predicted octanol–water partition coefficient (Wildman–Crippen LogP) is 4.71. The third-order valence-electron chi connectivity index (χ3n) is 5.31. The van der Waals surface area contributed by atoms with Gasteiger partial charge in [0.15, 0.2) is 5.82 Å². The maximum atomic E-state index is 12.7. The lowest BCUT2D eigenvalue weighted by Gasteiger charge is -2.23. The summed E-state index contributed by atoms with van der Waals surface area (Å²) in [6.07, 6.45) is 3.05. The van der Waals surface area contributed by atoms with E-state index in [-0.39, 0.29) is 5.91 Å². The first-order valence-electron chi connectivity index (χ1n) is 10.9.